The van der Waals surface area contributed by atoms with Crippen LogP contribution in [0, 0.1) is 0 Å². The molecule has 23 heavy (non-hydrogen) atoms. The first-order valence-corrected chi connectivity index (χ1v) is 7.52. The number of fused-ring (bicyclic) bond motifs is 3. The number of ether oxygens (including phenoxy) is 2. The zero-order valence-electron chi connectivity index (χ0n) is 13.1. The van der Waals surface area contributed by atoms with Crippen molar-refractivity contribution >= 4 is 21.7 Å². The van der Waals surface area contributed by atoms with E-state index in [1.165, 1.54) is 16.2 Å². The summed E-state index contributed by atoms with van der Waals surface area (Å²) in [6.45, 7) is 0. The summed E-state index contributed by atoms with van der Waals surface area (Å²) in [6, 6.07) is 20.8. The van der Waals surface area contributed by atoms with E-state index in [9.17, 15) is 0 Å². The van der Waals surface area contributed by atoms with E-state index in [4.69, 9.17) is 9.47 Å². The fourth-order valence-corrected chi connectivity index (χ4v) is 3.00. The van der Waals surface area contributed by atoms with Gasteiger partial charge in [-0.25, -0.2) is 0 Å². The molecular formula is C20H17NO2. The second-order valence-corrected chi connectivity index (χ2v) is 5.53. The molecule has 0 saturated carbocycles. The molecule has 4 rings (SSSR count). The highest BCUT2D eigenvalue weighted by molar-refractivity contribution is 6.08. The molecule has 1 N–H and O–H groups in total. The molecule has 0 aliphatic rings. The molecule has 0 spiro atoms. The van der Waals surface area contributed by atoms with Crippen LogP contribution in [0.1, 0.15) is 0 Å². The maximum atomic E-state index is 5.37. The van der Waals surface area contributed by atoms with Crippen LogP contribution in [-0.4, -0.2) is 19.2 Å². The summed E-state index contributed by atoms with van der Waals surface area (Å²) in [5.41, 5.74) is 3.22. The predicted octanol–water partition coefficient (Wildman–Crippen LogP) is 5.01. The van der Waals surface area contributed by atoms with Crippen LogP contribution in [0.25, 0.3) is 32.9 Å². The van der Waals surface area contributed by atoms with Gasteiger partial charge in [-0.15, -0.1) is 0 Å². The molecule has 4 aromatic rings. The average Bonchev–Trinajstić information content (AvgIpc) is 3.06. The van der Waals surface area contributed by atoms with E-state index in [1.807, 2.05) is 18.2 Å². The van der Waals surface area contributed by atoms with Crippen molar-refractivity contribution in [2.24, 2.45) is 0 Å². The monoisotopic (exact) mass is 303 g/mol. The highest BCUT2D eigenvalue weighted by Gasteiger charge is 2.09. The van der Waals surface area contributed by atoms with E-state index in [-0.39, 0.29) is 0 Å². The summed E-state index contributed by atoms with van der Waals surface area (Å²) in [6.07, 6.45) is 0. The predicted molar refractivity (Wildman–Crippen MR) is 94.3 cm³/mol. The summed E-state index contributed by atoms with van der Waals surface area (Å²) in [7, 11) is 3.33. The molecule has 114 valence electrons. The Morgan fingerprint density at radius 1 is 0.739 bits per heavy atom. The summed E-state index contributed by atoms with van der Waals surface area (Å²) < 4.78 is 10.7. The number of nitrogens with one attached hydrogen (secondary N) is 1. The van der Waals surface area contributed by atoms with Crippen LogP contribution >= 0.6 is 0 Å². The fraction of sp³-hybridized carbons (Fsp3) is 0.100. The SMILES string of the molecule is COc1cc(OC)cc(-c2cc3c(ccc4ccccc43)[nH]2)c1. The third-order valence-electron chi connectivity index (χ3n) is 4.19. The lowest BCUT2D eigenvalue weighted by molar-refractivity contribution is 0.394. The van der Waals surface area contributed by atoms with Crippen LogP contribution in [0.2, 0.25) is 0 Å². The highest BCUT2D eigenvalue weighted by atomic mass is 16.5. The van der Waals surface area contributed by atoms with Gasteiger partial charge in [-0.2, -0.15) is 0 Å². The van der Waals surface area contributed by atoms with Gasteiger partial charge in [0.05, 0.1) is 14.2 Å². The molecule has 0 aliphatic heterocycles. The molecule has 1 heterocycles. The lowest BCUT2D eigenvalue weighted by atomic mass is 10.1. The van der Waals surface area contributed by atoms with E-state index in [1.54, 1.807) is 14.2 Å². The maximum Gasteiger partial charge on any atom is 0.123 e. The molecule has 1 aromatic heterocycles. The molecule has 3 aromatic carbocycles. The maximum absolute atomic E-state index is 5.37. The Morgan fingerprint density at radius 3 is 2.22 bits per heavy atom. The van der Waals surface area contributed by atoms with E-state index in [0.717, 1.165) is 28.3 Å². The van der Waals surface area contributed by atoms with Crippen LogP contribution in [-0.2, 0) is 0 Å². The Labute approximate surface area is 134 Å². The number of benzene rings is 3. The third kappa shape index (κ3) is 2.30. The Balaban J connectivity index is 1.94. The van der Waals surface area contributed by atoms with Gasteiger partial charge in [0, 0.05) is 28.2 Å². The van der Waals surface area contributed by atoms with Gasteiger partial charge in [0.1, 0.15) is 11.5 Å². The lowest BCUT2D eigenvalue weighted by Crippen LogP contribution is -1.88. The Morgan fingerprint density at radius 2 is 1.48 bits per heavy atom. The van der Waals surface area contributed by atoms with Gasteiger partial charge >= 0.3 is 0 Å². The molecule has 0 bridgehead atoms. The van der Waals surface area contributed by atoms with E-state index >= 15 is 0 Å². The summed E-state index contributed by atoms with van der Waals surface area (Å²) in [5.74, 6) is 1.56. The van der Waals surface area contributed by atoms with Crippen LogP contribution in [0.15, 0.2) is 60.7 Å². The molecular weight excluding hydrogens is 286 g/mol. The average molecular weight is 303 g/mol. The Bertz CT molecular complexity index is 979. The normalized spacial score (nSPS) is 11.0. The first kappa shape index (κ1) is 13.7. The molecule has 0 saturated heterocycles. The molecule has 0 amide bonds. The topological polar surface area (TPSA) is 34.2 Å². The van der Waals surface area contributed by atoms with Crippen LogP contribution in [0.3, 0.4) is 0 Å². The third-order valence-corrected chi connectivity index (χ3v) is 4.19. The van der Waals surface area contributed by atoms with Gasteiger partial charge in [0.15, 0.2) is 0 Å². The zero-order chi connectivity index (χ0) is 15.8. The summed E-state index contributed by atoms with van der Waals surface area (Å²) in [4.78, 5) is 3.50. The zero-order valence-corrected chi connectivity index (χ0v) is 13.1. The highest BCUT2D eigenvalue weighted by Crippen LogP contribution is 2.33. The summed E-state index contributed by atoms with van der Waals surface area (Å²) in [5, 5.41) is 3.72. The lowest BCUT2D eigenvalue weighted by Gasteiger charge is -2.07. The smallest absolute Gasteiger partial charge is 0.123 e. The van der Waals surface area contributed by atoms with Crippen molar-refractivity contribution in [1.82, 2.24) is 4.98 Å². The second-order valence-electron chi connectivity index (χ2n) is 5.53. The minimum Gasteiger partial charge on any atom is -0.497 e. The van der Waals surface area contributed by atoms with Gasteiger partial charge in [0.2, 0.25) is 0 Å². The largest absolute Gasteiger partial charge is 0.497 e. The van der Waals surface area contributed by atoms with Gasteiger partial charge in [-0.05, 0) is 35.0 Å². The van der Waals surface area contributed by atoms with Gasteiger partial charge in [0.25, 0.3) is 0 Å². The molecule has 3 heteroatoms. The van der Waals surface area contributed by atoms with Crippen LogP contribution in [0.5, 0.6) is 11.5 Å². The van der Waals surface area contributed by atoms with E-state index in [0.29, 0.717) is 0 Å². The molecule has 0 atom stereocenters. The Kier molecular flexibility index (Phi) is 3.19. The van der Waals surface area contributed by atoms with Crippen molar-refractivity contribution in [2.75, 3.05) is 14.2 Å². The summed E-state index contributed by atoms with van der Waals surface area (Å²) >= 11 is 0. The second kappa shape index (κ2) is 5.36. The molecule has 0 fully saturated rings. The standard InChI is InChI=1S/C20H17NO2/c1-22-15-9-14(10-16(11-15)23-2)20-12-18-17-6-4-3-5-13(17)7-8-19(18)21-20/h3-12,21H,1-2H3. The quantitative estimate of drug-likeness (QED) is 0.577. The number of H-pyrrole nitrogens is 1. The number of methoxy groups -OCH3 is 2. The number of aromatic nitrogens is 1. The van der Waals surface area contributed by atoms with E-state index < -0.39 is 0 Å². The Hall–Kier alpha value is -2.94. The van der Waals surface area contributed by atoms with Crippen molar-refractivity contribution < 1.29 is 9.47 Å². The van der Waals surface area contributed by atoms with E-state index in [2.05, 4.69) is 47.4 Å². The minimum atomic E-state index is 0.780. The van der Waals surface area contributed by atoms with Crippen molar-refractivity contribution in [1.29, 1.82) is 0 Å². The van der Waals surface area contributed by atoms with Gasteiger partial charge in [-0.1, -0.05) is 30.3 Å². The van der Waals surface area contributed by atoms with Gasteiger partial charge in [-0.3, -0.25) is 0 Å². The van der Waals surface area contributed by atoms with Crippen LogP contribution < -0.4 is 9.47 Å². The number of aromatic amines is 1. The molecule has 3 nitrogen and oxygen atoms in total. The van der Waals surface area contributed by atoms with Crippen molar-refractivity contribution in [2.45, 2.75) is 0 Å². The van der Waals surface area contributed by atoms with Crippen LogP contribution in [0.4, 0.5) is 0 Å². The first-order chi connectivity index (χ1) is 11.3. The molecule has 0 aliphatic carbocycles. The van der Waals surface area contributed by atoms with Gasteiger partial charge < -0.3 is 14.5 Å². The number of rotatable bonds is 3. The molecule has 0 radical (unpaired) electrons. The fourth-order valence-electron chi connectivity index (χ4n) is 3.00. The van der Waals surface area contributed by atoms with Crippen molar-refractivity contribution in [3.05, 3.63) is 60.7 Å². The molecule has 0 unspecified atom stereocenters. The van der Waals surface area contributed by atoms with Crippen molar-refractivity contribution in [3.63, 3.8) is 0 Å². The van der Waals surface area contributed by atoms with Crippen molar-refractivity contribution in [3.8, 4) is 22.8 Å². The minimum absolute atomic E-state index is 0.780. The number of hydrogen-bond acceptors (Lipinski definition) is 2. The first-order valence-electron chi connectivity index (χ1n) is 7.52. The number of hydrogen-bond donors (Lipinski definition) is 1.